The molecule has 5 heteroatoms. The Morgan fingerprint density at radius 3 is 2.58 bits per heavy atom. The van der Waals surface area contributed by atoms with Gasteiger partial charge in [0.1, 0.15) is 6.04 Å². The minimum absolute atomic E-state index is 0.0685. The Balaban J connectivity index is 2.10. The van der Waals surface area contributed by atoms with Crippen molar-refractivity contribution in [2.24, 2.45) is 11.1 Å². The minimum atomic E-state index is -0.401. The standard InChI is InChI=1S/C14H24N2O3/c1-2-19-12(17)11-6-3-4-9-16(11)13(18)14(10-15)7-5-8-14/h11H,2-10,15H2,1H3. The highest BCUT2D eigenvalue weighted by molar-refractivity contribution is 5.89. The molecule has 1 aliphatic carbocycles. The van der Waals surface area contributed by atoms with Gasteiger partial charge in [-0.25, -0.2) is 4.79 Å². The third-order valence-corrected chi connectivity index (χ3v) is 4.48. The Labute approximate surface area is 114 Å². The highest BCUT2D eigenvalue weighted by Crippen LogP contribution is 2.42. The number of carbonyl (C=O) groups excluding carboxylic acids is 2. The van der Waals surface area contributed by atoms with Gasteiger partial charge in [-0.1, -0.05) is 6.42 Å². The van der Waals surface area contributed by atoms with Crippen molar-refractivity contribution in [2.75, 3.05) is 19.7 Å². The summed E-state index contributed by atoms with van der Waals surface area (Å²) in [6, 6.07) is -0.398. The van der Waals surface area contributed by atoms with E-state index in [0.29, 0.717) is 26.1 Å². The van der Waals surface area contributed by atoms with E-state index in [1.54, 1.807) is 11.8 Å². The molecule has 2 aliphatic rings. The summed E-state index contributed by atoms with van der Waals surface area (Å²) < 4.78 is 5.10. The van der Waals surface area contributed by atoms with Crippen LogP contribution in [0.25, 0.3) is 0 Å². The van der Waals surface area contributed by atoms with Crippen LogP contribution in [-0.2, 0) is 14.3 Å². The van der Waals surface area contributed by atoms with Crippen molar-refractivity contribution in [1.29, 1.82) is 0 Å². The molecule has 108 valence electrons. The molecule has 1 atom stereocenters. The maximum atomic E-state index is 12.7. The Morgan fingerprint density at radius 2 is 2.05 bits per heavy atom. The van der Waals surface area contributed by atoms with E-state index >= 15 is 0 Å². The molecule has 1 saturated heterocycles. The number of rotatable bonds is 4. The van der Waals surface area contributed by atoms with Gasteiger partial charge >= 0.3 is 5.97 Å². The Bertz CT molecular complexity index is 347. The molecule has 2 fully saturated rings. The number of nitrogens with zero attached hydrogens (tertiary/aromatic N) is 1. The second-order valence-corrected chi connectivity index (χ2v) is 5.60. The highest BCUT2D eigenvalue weighted by atomic mass is 16.5. The van der Waals surface area contributed by atoms with E-state index in [0.717, 1.165) is 32.1 Å². The van der Waals surface area contributed by atoms with E-state index in [2.05, 4.69) is 0 Å². The average Bonchev–Trinajstić information content (AvgIpc) is 2.38. The van der Waals surface area contributed by atoms with Crippen LogP contribution in [0.2, 0.25) is 0 Å². The van der Waals surface area contributed by atoms with Crippen molar-refractivity contribution in [1.82, 2.24) is 4.90 Å². The van der Waals surface area contributed by atoms with Gasteiger partial charge in [-0.05, 0) is 39.0 Å². The van der Waals surface area contributed by atoms with E-state index in [1.807, 2.05) is 0 Å². The molecule has 1 heterocycles. The summed E-state index contributed by atoms with van der Waals surface area (Å²) in [7, 11) is 0. The number of hydrogen-bond acceptors (Lipinski definition) is 4. The van der Waals surface area contributed by atoms with Crippen LogP contribution in [0.4, 0.5) is 0 Å². The zero-order chi connectivity index (χ0) is 13.9. The van der Waals surface area contributed by atoms with Crippen molar-refractivity contribution in [2.45, 2.75) is 51.5 Å². The average molecular weight is 268 g/mol. The quantitative estimate of drug-likeness (QED) is 0.774. The van der Waals surface area contributed by atoms with Crippen molar-refractivity contribution < 1.29 is 14.3 Å². The molecular weight excluding hydrogens is 244 g/mol. The van der Waals surface area contributed by atoms with Crippen LogP contribution < -0.4 is 5.73 Å². The topological polar surface area (TPSA) is 72.6 Å². The third-order valence-electron chi connectivity index (χ3n) is 4.48. The van der Waals surface area contributed by atoms with Crippen molar-refractivity contribution in [3.05, 3.63) is 0 Å². The lowest BCUT2D eigenvalue weighted by Gasteiger charge is -2.45. The summed E-state index contributed by atoms with van der Waals surface area (Å²) in [6.07, 6.45) is 5.42. The molecule has 0 aromatic heterocycles. The van der Waals surface area contributed by atoms with Crippen molar-refractivity contribution in [3.8, 4) is 0 Å². The van der Waals surface area contributed by atoms with Crippen LogP contribution in [0.15, 0.2) is 0 Å². The molecule has 2 N–H and O–H groups in total. The normalized spacial score (nSPS) is 25.6. The summed E-state index contributed by atoms with van der Waals surface area (Å²) in [5.74, 6) is -0.193. The fourth-order valence-electron chi connectivity index (χ4n) is 3.07. The lowest BCUT2D eigenvalue weighted by atomic mass is 9.67. The van der Waals surface area contributed by atoms with Crippen LogP contribution in [0.5, 0.6) is 0 Å². The molecule has 0 spiro atoms. The SMILES string of the molecule is CCOC(=O)C1CCCCN1C(=O)C1(CN)CCC1. The maximum Gasteiger partial charge on any atom is 0.328 e. The number of hydrogen-bond donors (Lipinski definition) is 1. The Morgan fingerprint density at radius 1 is 1.32 bits per heavy atom. The molecule has 1 saturated carbocycles. The molecule has 0 radical (unpaired) electrons. The number of esters is 1. The van der Waals surface area contributed by atoms with E-state index in [-0.39, 0.29) is 11.9 Å². The fraction of sp³-hybridized carbons (Fsp3) is 0.857. The molecule has 2 rings (SSSR count). The monoisotopic (exact) mass is 268 g/mol. The molecule has 0 aromatic carbocycles. The van der Waals surface area contributed by atoms with E-state index in [4.69, 9.17) is 10.5 Å². The van der Waals surface area contributed by atoms with Gasteiger partial charge in [0.05, 0.1) is 12.0 Å². The summed E-state index contributed by atoms with van der Waals surface area (Å²) in [6.45, 7) is 3.20. The number of nitrogens with two attached hydrogens (primary N) is 1. The molecule has 1 unspecified atom stereocenters. The largest absolute Gasteiger partial charge is 0.464 e. The Kier molecular flexibility index (Phi) is 4.45. The van der Waals surface area contributed by atoms with E-state index in [1.165, 1.54) is 0 Å². The number of ether oxygens (including phenoxy) is 1. The first-order valence-corrected chi connectivity index (χ1v) is 7.32. The number of likely N-dealkylation sites (tertiary alicyclic amines) is 1. The maximum absolute atomic E-state index is 12.7. The van der Waals surface area contributed by atoms with Gasteiger partial charge in [-0.15, -0.1) is 0 Å². The number of carbonyl (C=O) groups is 2. The van der Waals surface area contributed by atoms with Crippen LogP contribution in [-0.4, -0.2) is 42.5 Å². The predicted octanol–water partition coefficient (Wildman–Crippen LogP) is 1.06. The molecular formula is C14H24N2O3. The van der Waals surface area contributed by atoms with Crippen molar-refractivity contribution >= 4 is 11.9 Å². The first-order valence-electron chi connectivity index (χ1n) is 7.32. The summed E-state index contributed by atoms with van der Waals surface area (Å²) in [5.41, 5.74) is 5.39. The fourth-order valence-corrected chi connectivity index (χ4v) is 3.07. The molecule has 1 aliphatic heterocycles. The minimum Gasteiger partial charge on any atom is -0.464 e. The van der Waals surface area contributed by atoms with Gasteiger partial charge in [-0.2, -0.15) is 0 Å². The Hall–Kier alpha value is -1.10. The zero-order valence-electron chi connectivity index (χ0n) is 11.7. The van der Waals surface area contributed by atoms with Gasteiger partial charge in [-0.3, -0.25) is 4.79 Å². The molecule has 19 heavy (non-hydrogen) atoms. The first kappa shape index (κ1) is 14.3. The smallest absolute Gasteiger partial charge is 0.328 e. The number of piperidine rings is 1. The first-order chi connectivity index (χ1) is 9.14. The summed E-state index contributed by atoms with van der Waals surface area (Å²) >= 11 is 0. The van der Waals surface area contributed by atoms with Crippen LogP contribution >= 0.6 is 0 Å². The molecule has 0 aromatic rings. The zero-order valence-corrected chi connectivity index (χ0v) is 11.7. The van der Waals surface area contributed by atoms with E-state index < -0.39 is 11.5 Å². The lowest BCUT2D eigenvalue weighted by molar-refractivity contribution is -0.163. The number of amides is 1. The molecule has 5 nitrogen and oxygen atoms in total. The van der Waals surface area contributed by atoms with Crippen molar-refractivity contribution in [3.63, 3.8) is 0 Å². The predicted molar refractivity (Wildman–Crippen MR) is 71.3 cm³/mol. The van der Waals surface area contributed by atoms with Gasteiger partial charge in [0.15, 0.2) is 0 Å². The highest BCUT2D eigenvalue weighted by Gasteiger charge is 2.48. The van der Waals surface area contributed by atoms with Gasteiger partial charge < -0.3 is 15.4 Å². The summed E-state index contributed by atoms with van der Waals surface area (Å²) in [5, 5.41) is 0. The molecule has 0 bridgehead atoms. The molecule has 1 amide bonds. The van der Waals surface area contributed by atoms with Gasteiger partial charge in [0.2, 0.25) is 5.91 Å². The van der Waals surface area contributed by atoms with Gasteiger partial charge in [0.25, 0.3) is 0 Å². The second kappa shape index (κ2) is 5.90. The van der Waals surface area contributed by atoms with Gasteiger partial charge in [0, 0.05) is 13.1 Å². The lowest BCUT2D eigenvalue weighted by Crippen LogP contribution is -2.58. The van der Waals surface area contributed by atoms with Crippen LogP contribution in [0.3, 0.4) is 0 Å². The van der Waals surface area contributed by atoms with Crippen LogP contribution in [0, 0.1) is 5.41 Å². The van der Waals surface area contributed by atoms with Crippen LogP contribution in [0.1, 0.15) is 45.4 Å². The summed E-state index contributed by atoms with van der Waals surface area (Å²) in [4.78, 5) is 26.4. The second-order valence-electron chi connectivity index (χ2n) is 5.60. The van der Waals surface area contributed by atoms with E-state index in [9.17, 15) is 9.59 Å². The third kappa shape index (κ3) is 2.61.